The lowest BCUT2D eigenvalue weighted by molar-refractivity contribution is 0.580. The monoisotopic (exact) mass is 288 g/mol. The molecule has 3 aromatic heterocycles. The summed E-state index contributed by atoms with van der Waals surface area (Å²) in [6.45, 7) is 0. The van der Waals surface area contributed by atoms with Gasteiger partial charge in [0.25, 0.3) is 5.56 Å². The van der Waals surface area contributed by atoms with Crippen LogP contribution in [0.2, 0.25) is 0 Å². The van der Waals surface area contributed by atoms with Crippen LogP contribution in [0.25, 0.3) is 28.2 Å². The van der Waals surface area contributed by atoms with Crippen LogP contribution in [0.4, 0.5) is 0 Å². The Balaban J connectivity index is 2.15. The maximum Gasteiger partial charge on any atom is 0.266 e. The van der Waals surface area contributed by atoms with Gasteiger partial charge in [-0.3, -0.25) is 9.20 Å². The second kappa shape index (κ2) is 5.00. The number of hydrogen-bond acceptors (Lipinski definition) is 3. The van der Waals surface area contributed by atoms with Crippen LogP contribution in [0, 0.1) is 0 Å². The molecule has 4 aromatic rings. The lowest BCUT2D eigenvalue weighted by atomic mass is 10.0. The Morgan fingerprint density at radius 3 is 2.50 bits per heavy atom. The molecule has 4 nitrogen and oxygen atoms in total. The molecular formula is C18H12N2O2. The van der Waals surface area contributed by atoms with E-state index in [0.717, 1.165) is 5.56 Å². The molecule has 0 N–H and O–H groups in total. The zero-order chi connectivity index (χ0) is 14.9. The van der Waals surface area contributed by atoms with Crippen LogP contribution >= 0.6 is 0 Å². The maximum atomic E-state index is 12.9. The lowest BCUT2D eigenvalue weighted by Crippen LogP contribution is -2.18. The number of pyridine rings is 1. The van der Waals surface area contributed by atoms with E-state index in [1.165, 1.54) is 0 Å². The van der Waals surface area contributed by atoms with Crippen molar-refractivity contribution in [3.05, 3.63) is 83.5 Å². The summed E-state index contributed by atoms with van der Waals surface area (Å²) in [5.41, 5.74) is 2.41. The molecule has 0 amide bonds. The molecule has 0 saturated heterocycles. The minimum atomic E-state index is -0.108. The molecule has 22 heavy (non-hydrogen) atoms. The van der Waals surface area contributed by atoms with E-state index in [0.29, 0.717) is 22.7 Å². The standard InChI is InChI=1S/C18H12N2O2/c21-18-16(13-7-2-1-3-8-13)17(14-9-6-12-22-14)19-15-10-4-5-11-20(15)18/h1-12H. The number of nitrogens with zero attached hydrogens (tertiary/aromatic N) is 2. The van der Waals surface area contributed by atoms with E-state index in [4.69, 9.17) is 4.42 Å². The highest BCUT2D eigenvalue weighted by Crippen LogP contribution is 2.28. The van der Waals surface area contributed by atoms with Crippen molar-refractivity contribution in [2.75, 3.05) is 0 Å². The number of rotatable bonds is 2. The summed E-state index contributed by atoms with van der Waals surface area (Å²) in [5.74, 6) is 0.585. The zero-order valence-corrected chi connectivity index (χ0v) is 11.6. The van der Waals surface area contributed by atoms with Gasteiger partial charge in [0.2, 0.25) is 0 Å². The number of furan rings is 1. The molecular weight excluding hydrogens is 276 g/mol. The molecule has 0 aliphatic rings. The van der Waals surface area contributed by atoms with Crippen molar-refractivity contribution in [2.45, 2.75) is 0 Å². The smallest absolute Gasteiger partial charge is 0.266 e. The average molecular weight is 288 g/mol. The molecule has 0 unspecified atom stereocenters. The molecule has 0 atom stereocenters. The van der Waals surface area contributed by atoms with Gasteiger partial charge in [0, 0.05) is 6.20 Å². The van der Waals surface area contributed by atoms with Gasteiger partial charge < -0.3 is 4.42 Å². The average Bonchev–Trinajstić information content (AvgIpc) is 3.10. The lowest BCUT2D eigenvalue weighted by Gasteiger charge is -2.09. The SMILES string of the molecule is O=c1c(-c2ccccc2)c(-c2ccco2)nc2ccccn12. The van der Waals surface area contributed by atoms with Crippen molar-refractivity contribution >= 4 is 5.65 Å². The second-order valence-corrected chi connectivity index (χ2v) is 4.91. The van der Waals surface area contributed by atoms with Gasteiger partial charge >= 0.3 is 0 Å². The highest BCUT2D eigenvalue weighted by atomic mass is 16.3. The first-order valence-electron chi connectivity index (χ1n) is 6.95. The van der Waals surface area contributed by atoms with Gasteiger partial charge in [0.15, 0.2) is 5.76 Å². The third-order valence-electron chi connectivity index (χ3n) is 3.55. The summed E-state index contributed by atoms with van der Waals surface area (Å²) < 4.78 is 7.03. The van der Waals surface area contributed by atoms with Crippen molar-refractivity contribution in [3.63, 3.8) is 0 Å². The van der Waals surface area contributed by atoms with E-state index in [1.54, 1.807) is 22.9 Å². The molecule has 4 heteroatoms. The Labute approximate surface area is 126 Å². The number of benzene rings is 1. The minimum absolute atomic E-state index is 0.108. The topological polar surface area (TPSA) is 47.5 Å². The van der Waals surface area contributed by atoms with Gasteiger partial charge in [-0.05, 0) is 29.8 Å². The van der Waals surface area contributed by atoms with Crippen molar-refractivity contribution in [1.29, 1.82) is 0 Å². The Kier molecular flexibility index (Phi) is 2.86. The Hall–Kier alpha value is -3.14. The van der Waals surface area contributed by atoms with Gasteiger partial charge in [0.1, 0.15) is 11.3 Å². The molecule has 0 saturated carbocycles. The van der Waals surface area contributed by atoms with Crippen molar-refractivity contribution in [3.8, 4) is 22.6 Å². The molecule has 1 aromatic carbocycles. The largest absolute Gasteiger partial charge is 0.463 e. The Bertz CT molecular complexity index is 987. The minimum Gasteiger partial charge on any atom is -0.463 e. The molecule has 0 spiro atoms. The van der Waals surface area contributed by atoms with Crippen LogP contribution in [-0.2, 0) is 0 Å². The highest BCUT2D eigenvalue weighted by molar-refractivity contribution is 5.79. The summed E-state index contributed by atoms with van der Waals surface area (Å²) in [6, 6.07) is 18.6. The van der Waals surface area contributed by atoms with Gasteiger partial charge in [-0.25, -0.2) is 4.98 Å². The number of fused-ring (bicyclic) bond motifs is 1. The second-order valence-electron chi connectivity index (χ2n) is 4.91. The summed E-state index contributed by atoms with van der Waals surface area (Å²) in [5, 5.41) is 0. The summed E-state index contributed by atoms with van der Waals surface area (Å²) in [6.07, 6.45) is 3.31. The fraction of sp³-hybridized carbons (Fsp3) is 0. The Morgan fingerprint density at radius 1 is 0.909 bits per heavy atom. The molecule has 0 radical (unpaired) electrons. The van der Waals surface area contributed by atoms with Crippen LogP contribution in [0.3, 0.4) is 0 Å². The summed E-state index contributed by atoms with van der Waals surface area (Å²) in [7, 11) is 0. The fourth-order valence-corrected chi connectivity index (χ4v) is 2.55. The van der Waals surface area contributed by atoms with E-state index in [9.17, 15) is 4.79 Å². The van der Waals surface area contributed by atoms with E-state index < -0.39 is 0 Å². The molecule has 3 heterocycles. The highest BCUT2D eigenvalue weighted by Gasteiger charge is 2.17. The van der Waals surface area contributed by atoms with Crippen LogP contribution in [0.1, 0.15) is 0 Å². The molecule has 106 valence electrons. The molecule has 0 aliphatic heterocycles. The van der Waals surface area contributed by atoms with E-state index in [1.807, 2.05) is 54.6 Å². The maximum absolute atomic E-state index is 12.9. The third-order valence-corrected chi connectivity index (χ3v) is 3.55. The summed E-state index contributed by atoms with van der Waals surface area (Å²) in [4.78, 5) is 17.6. The van der Waals surface area contributed by atoms with E-state index >= 15 is 0 Å². The Morgan fingerprint density at radius 2 is 1.73 bits per heavy atom. The van der Waals surface area contributed by atoms with Gasteiger partial charge in [-0.2, -0.15) is 0 Å². The first kappa shape index (κ1) is 12.6. The van der Waals surface area contributed by atoms with Crippen molar-refractivity contribution in [2.24, 2.45) is 0 Å². The van der Waals surface area contributed by atoms with Crippen LogP contribution in [0.5, 0.6) is 0 Å². The van der Waals surface area contributed by atoms with Crippen LogP contribution in [0.15, 0.2) is 82.3 Å². The van der Waals surface area contributed by atoms with E-state index in [-0.39, 0.29) is 5.56 Å². The predicted octanol–water partition coefficient (Wildman–Crippen LogP) is 3.62. The predicted molar refractivity (Wildman–Crippen MR) is 84.6 cm³/mol. The van der Waals surface area contributed by atoms with Crippen LogP contribution in [-0.4, -0.2) is 9.38 Å². The molecule has 0 fully saturated rings. The number of hydrogen-bond donors (Lipinski definition) is 0. The first-order chi connectivity index (χ1) is 10.8. The number of aromatic nitrogens is 2. The van der Waals surface area contributed by atoms with Crippen molar-refractivity contribution in [1.82, 2.24) is 9.38 Å². The first-order valence-corrected chi connectivity index (χ1v) is 6.95. The fourth-order valence-electron chi connectivity index (χ4n) is 2.55. The molecule has 0 aliphatic carbocycles. The van der Waals surface area contributed by atoms with Crippen LogP contribution < -0.4 is 5.56 Å². The summed E-state index contributed by atoms with van der Waals surface area (Å²) >= 11 is 0. The normalized spacial score (nSPS) is 10.9. The van der Waals surface area contributed by atoms with Gasteiger partial charge in [-0.15, -0.1) is 0 Å². The molecule has 0 bridgehead atoms. The third kappa shape index (κ3) is 1.93. The zero-order valence-electron chi connectivity index (χ0n) is 11.6. The van der Waals surface area contributed by atoms with Crippen molar-refractivity contribution < 1.29 is 4.42 Å². The van der Waals surface area contributed by atoms with Gasteiger partial charge in [-0.1, -0.05) is 36.4 Å². The quantitative estimate of drug-likeness (QED) is 0.566. The molecule has 4 rings (SSSR count). The van der Waals surface area contributed by atoms with Gasteiger partial charge in [0.05, 0.1) is 11.8 Å². The van der Waals surface area contributed by atoms with E-state index in [2.05, 4.69) is 4.98 Å².